The van der Waals surface area contributed by atoms with E-state index in [0.717, 1.165) is 30.2 Å². The average molecular weight is 351 g/mol. The molecule has 0 atom stereocenters. The highest BCUT2D eigenvalue weighted by Gasteiger charge is 2.54. The molecule has 21 heavy (non-hydrogen) atoms. The van der Waals surface area contributed by atoms with Crippen LogP contribution in [0.4, 0.5) is 4.79 Å². The molecule has 3 rings (SSSR count). The van der Waals surface area contributed by atoms with Gasteiger partial charge >= 0.3 is 6.09 Å². The molecular weight excluding hydrogens is 336 g/mol. The maximum atomic E-state index is 10.6. The topological polar surface area (TPSA) is 82.3 Å². The molecule has 2 aliphatic carbocycles. The summed E-state index contributed by atoms with van der Waals surface area (Å²) >= 11 is 3.38. The third-order valence-electron chi connectivity index (χ3n) is 4.37. The fourth-order valence-corrected chi connectivity index (χ4v) is 3.79. The molecule has 1 aromatic carbocycles. The Balaban J connectivity index is 1.53. The number of hydrogen-bond donors (Lipinski definition) is 2. The summed E-state index contributed by atoms with van der Waals surface area (Å²) in [4.78, 5) is 10.6. The second-order valence-electron chi connectivity index (χ2n) is 5.96. The van der Waals surface area contributed by atoms with Gasteiger partial charge in [-0.1, -0.05) is 15.9 Å². The number of rotatable bonds is 3. The molecule has 0 bridgehead atoms. The van der Waals surface area contributed by atoms with E-state index in [1.54, 1.807) is 6.07 Å². The lowest BCUT2D eigenvalue weighted by atomic mass is 9.53. The van der Waals surface area contributed by atoms with Crippen LogP contribution in [0.1, 0.15) is 31.2 Å². The lowest BCUT2D eigenvalue weighted by molar-refractivity contribution is -0.0838. The molecule has 1 amide bonds. The molecule has 0 radical (unpaired) electrons. The maximum Gasteiger partial charge on any atom is 0.404 e. The van der Waals surface area contributed by atoms with Crippen LogP contribution >= 0.6 is 15.9 Å². The zero-order valence-electron chi connectivity index (χ0n) is 11.3. The van der Waals surface area contributed by atoms with Crippen LogP contribution in [0.25, 0.3) is 0 Å². The van der Waals surface area contributed by atoms with Gasteiger partial charge in [-0.2, -0.15) is 5.26 Å². The third kappa shape index (κ3) is 2.84. The van der Waals surface area contributed by atoms with E-state index in [1.807, 2.05) is 12.1 Å². The Labute approximate surface area is 131 Å². The van der Waals surface area contributed by atoms with Crippen LogP contribution in [0.3, 0.4) is 0 Å². The quantitative estimate of drug-likeness (QED) is 0.876. The normalized spacial score (nSPS) is 29.9. The summed E-state index contributed by atoms with van der Waals surface area (Å²) in [6.07, 6.45) is 2.82. The van der Waals surface area contributed by atoms with E-state index >= 15 is 0 Å². The van der Waals surface area contributed by atoms with Crippen molar-refractivity contribution in [3.8, 4) is 11.8 Å². The summed E-state index contributed by atoms with van der Waals surface area (Å²) in [5.41, 5.74) is 0.787. The molecule has 2 fully saturated rings. The van der Waals surface area contributed by atoms with Gasteiger partial charge < -0.3 is 15.2 Å². The van der Waals surface area contributed by atoms with E-state index in [-0.39, 0.29) is 17.6 Å². The van der Waals surface area contributed by atoms with Crippen LogP contribution < -0.4 is 10.1 Å². The molecule has 0 aliphatic heterocycles. The minimum absolute atomic E-state index is 0.0870. The molecule has 1 aromatic rings. The highest BCUT2D eigenvalue weighted by Crippen LogP contribution is 2.56. The Morgan fingerprint density at radius 2 is 2.14 bits per heavy atom. The molecule has 0 saturated heterocycles. The molecule has 5 nitrogen and oxygen atoms in total. The van der Waals surface area contributed by atoms with Gasteiger partial charge in [-0.25, -0.2) is 4.79 Å². The first-order valence-corrected chi connectivity index (χ1v) is 7.65. The summed E-state index contributed by atoms with van der Waals surface area (Å²) in [5.74, 6) is 0.617. The number of amides is 1. The van der Waals surface area contributed by atoms with Crippen molar-refractivity contribution in [3.63, 3.8) is 0 Å². The number of carbonyl (C=O) groups is 1. The van der Waals surface area contributed by atoms with Gasteiger partial charge in [0.05, 0.1) is 11.7 Å². The Kier molecular flexibility index (Phi) is 3.54. The van der Waals surface area contributed by atoms with Crippen molar-refractivity contribution in [1.82, 2.24) is 5.32 Å². The second kappa shape index (κ2) is 5.23. The summed E-state index contributed by atoms with van der Waals surface area (Å²) in [5, 5.41) is 20.3. The van der Waals surface area contributed by atoms with E-state index in [4.69, 9.17) is 15.1 Å². The van der Waals surface area contributed by atoms with Crippen molar-refractivity contribution in [3.05, 3.63) is 28.2 Å². The number of nitriles is 1. The average Bonchev–Trinajstić information content (AvgIpc) is 2.33. The molecule has 2 saturated carbocycles. The van der Waals surface area contributed by atoms with Crippen molar-refractivity contribution >= 4 is 22.0 Å². The summed E-state index contributed by atoms with van der Waals surface area (Å²) in [6.45, 7) is 0. The summed E-state index contributed by atoms with van der Waals surface area (Å²) in [6, 6.07) is 7.60. The monoisotopic (exact) mass is 350 g/mol. The minimum Gasteiger partial charge on any atom is -0.489 e. The van der Waals surface area contributed by atoms with Crippen LogP contribution in [-0.4, -0.2) is 23.3 Å². The van der Waals surface area contributed by atoms with E-state index in [2.05, 4.69) is 27.3 Å². The number of ether oxygens (including phenoxy) is 1. The standard InChI is InChI=1S/C15H15BrN2O3/c16-10-2-1-9(8-17)13(3-10)21-12-6-15(7-12)4-11(5-15)18-14(19)20/h1-3,11-12,18H,4-7H2,(H,19,20). The number of halogens is 1. The van der Waals surface area contributed by atoms with Crippen LogP contribution in [0, 0.1) is 16.7 Å². The van der Waals surface area contributed by atoms with Crippen molar-refractivity contribution < 1.29 is 14.6 Å². The highest BCUT2D eigenvalue weighted by atomic mass is 79.9. The Morgan fingerprint density at radius 1 is 1.43 bits per heavy atom. The molecule has 1 spiro atoms. The summed E-state index contributed by atoms with van der Waals surface area (Å²) < 4.78 is 6.80. The van der Waals surface area contributed by atoms with Crippen LogP contribution in [0.5, 0.6) is 5.75 Å². The number of nitrogens with zero attached hydrogens (tertiary/aromatic N) is 1. The maximum absolute atomic E-state index is 10.6. The van der Waals surface area contributed by atoms with Crippen molar-refractivity contribution in [2.24, 2.45) is 5.41 Å². The second-order valence-corrected chi connectivity index (χ2v) is 6.87. The zero-order chi connectivity index (χ0) is 15.0. The van der Waals surface area contributed by atoms with E-state index < -0.39 is 6.09 Å². The van der Waals surface area contributed by atoms with Gasteiger partial charge in [0, 0.05) is 10.5 Å². The van der Waals surface area contributed by atoms with Gasteiger partial charge in [-0.15, -0.1) is 0 Å². The molecule has 0 unspecified atom stereocenters. The predicted molar refractivity (Wildman–Crippen MR) is 79.1 cm³/mol. The predicted octanol–water partition coefficient (Wildman–Crippen LogP) is 3.28. The zero-order valence-corrected chi connectivity index (χ0v) is 12.9. The minimum atomic E-state index is -0.949. The molecule has 0 aromatic heterocycles. The Hall–Kier alpha value is -1.74. The number of benzene rings is 1. The van der Waals surface area contributed by atoms with Gasteiger partial charge in [0.25, 0.3) is 0 Å². The number of hydrogen-bond acceptors (Lipinski definition) is 3. The first-order chi connectivity index (χ1) is 9.99. The SMILES string of the molecule is N#Cc1ccc(Br)cc1OC1CC2(CC(NC(=O)O)C2)C1. The molecule has 0 heterocycles. The van der Waals surface area contributed by atoms with Gasteiger partial charge in [-0.3, -0.25) is 0 Å². The fraction of sp³-hybridized carbons (Fsp3) is 0.467. The molecule has 6 heteroatoms. The lowest BCUT2D eigenvalue weighted by Crippen LogP contribution is -2.58. The number of nitrogens with one attached hydrogen (secondary N) is 1. The van der Waals surface area contributed by atoms with Crippen molar-refractivity contribution in [2.45, 2.75) is 37.8 Å². The lowest BCUT2D eigenvalue weighted by Gasteiger charge is -2.57. The van der Waals surface area contributed by atoms with E-state index in [0.29, 0.717) is 11.3 Å². The van der Waals surface area contributed by atoms with Crippen LogP contribution in [-0.2, 0) is 0 Å². The fourth-order valence-electron chi connectivity index (χ4n) is 3.45. The van der Waals surface area contributed by atoms with Gasteiger partial charge in [0.15, 0.2) is 0 Å². The third-order valence-corrected chi connectivity index (χ3v) is 4.86. The van der Waals surface area contributed by atoms with Gasteiger partial charge in [0.1, 0.15) is 11.8 Å². The first-order valence-electron chi connectivity index (χ1n) is 6.85. The van der Waals surface area contributed by atoms with Gasteiger partial charge in [-0.05, 0) is 49.3 Å². The molecule has 2 N–H and O–H groups in total. The van der Waals surface area contributed by atoms with E-state index in [1.165, 1.54) is 0 Å². The van der Waals surface area contributed by atoms with Crippen LogP contribution in [0.2, 0.25) is 0 Å². The van der Waals surface area contributed by atoms with Crippen molar-refractivity contribution in [1.29, 1.82) is 5.26 Å². The highest BCUT2D eigenvalue weighted by molar-refractivity contribution is 9.10. The Bertz CT molecular complexity index is 612. The van der Waals surface area contributed by atoms with Crippen molar-refractivity contribution in [2.75, 3.05) is 0 Å². The van der Waals surface area contributed by atoms with Crippen LogP contribution in [0.15, 0.2) is 22.7 Å². The summed E-state index contributed by atoms with van der Waals surface area (Å²) in [7, 11) is 0. The molecular formula is C15H15BrN2O3. The van der Waals surface area contributed by atoms with Gasteiger partial charge in [0.2, 0.25) is 0 Å². The largest absolute Gasteiger partial charge is 0.489 e. The smallest absolute Gasteiger partial charge is 0.404 e. The molecule has 2 aliphatic rings. The van der Waals surface area contributed by atoms with E-state index in [9.17, 15) is 4.79 Å². The number of carboxylic acid groups (broad SMARTS) is 1. The Morgan fingerprint density at radius 3 is 2.76 bits per heavy atom. The molecule has 110 valence electrons. The first kappa shape index (κ1) is 14.2.